The summed E-state index contributed by atoms with van der Waals surface area (Å²) in [7, 11) is 0. The number of carbonyl (C=O) groups is 1. The van der Waals surface area contributed by atoms with Crippen molar-refractivity contribution >= 4 is 5.91 Å². The molecule has 0 aromatic rings. The van der Waals surface area contributed by atoms with E-state index in [1.807, 2.05) is 0 Å². The Balaban J connectivity index is 2.75. The SMILES string of the molecule is CCC(C(N)=O)N1CCC(O)(C(F)(F)F)C1. The molecule has 0 radical (unpaired) electrons. The highest BCUT2D eigenvalue weighted by Crippen LogP contribution is 2.38. The van der Waals surface area contributed by atoms with Crippen LogP contribution in [0.25, 0.3) is 0 Å². The van der Waals surface area contributed by atoms with Gasteiger partial charge < -0.3 is 10.8 Å². The molecule has 0 aliphatic carbocycles. The molecule has 0 aromatic heterocycles. The van der Waals surface area contributed by atoms with Gasteiger partial charge in [-0.2, -0.15) is 13.2 Å². The Morgan fingerprint density at radius 3 is 2.50 bits per heavy atom. The monoisotopic (exact) mass is 240 g/mol. The molecule has 0 bridgehead atoms. The molecule has 1 heterocycles. The molecular weight excluding hydrogens is 225 g/mol. The van der Waals surface area contributed by atoms with Crippen molar-refractivity contribution in [1.82, 2.24) is 4.90 Å². The van der Waals surface area contributed by atoms with Gasteiger partial charge in [0.2, 0.25) is 5.91 Å². The van der Waals surface area contributed by atoms with Crippen LogP contribution in [-0.4, -0.2) is 46.8 Å². The number of hydrogen-bond acceptors (Lipinski definition) is 3. The molecule has 4 nitrogen and oxygen atoms in total. The van der Waals surface area contributed by atoms with Crippen LogP contribution in [0, 0.1) is 0 Å². The standard InChI is InChI=1S/C9H15F3N2O2/c1-2-6(7(13)15)14-4-3-8(16,5-14)9(10,11)12/h6,16H,2-5H2,1H3,(H2,13,15). The number of hydrogen-bond donors (Lipinski definition) is 2. The van der Waals surface area contributed by atoms with Crippen molar-refractivity contribution in [3.8, 4) is 0 Å². The molecular formula is C9H15F3N2O2. The van der Waals surface area contributed by atoms with Gasteiger partial charge in [0.25, 0.3) is 0 Å². The number of carbonyl (C=O) groups excluding carboxylic acids is 1. The number of likely N-dealkylation sites (tertiary alicyclic amines) is 1. The molecule has 2 unspecified atom stereocenters. The molecule has 7 heteroatoms. The van der Waals surface area contributed by atoms with Crippen molar-refractivity contribution in [3.63, 3.8) is 0 Å². The molecule has 1 aliphatic heterocycles. The Kier molecular flexibility index (Phi) is 3.49. The maximum absolute atomic E-state index is 12.5. The minimum absolute atomic E-state index is 0.0253. The van der Waals surface area contributed by atoms with E-state index in [4.69, 9.17) is 5.73 Å². The number of aliphatic hydroxyl groups is 1. The highest BCUT2D eigenvalue weighted by atomic mass is 19.4. The van der Waals surface area contributed by atoms with Crippen molar-refractivity contribution in [1.29, 1.82) is 0 Å². The first kappa shape index (κ1) is 13.2. The summed E-state index contributed by atoms with van der Waals surface area (Å²) in [5.41, 5.74) is 2.37. The molecule has 1 rings (SSSR count). The van der Waals surface area contributed by atoms with Gasteiger partial charge in [0.05, 0.1) is 6.04 Å². The fourth-order valence-electron chi connectivity index (χ4n) is 1.96. The highest BCUT2D eigenvalue weighted by Gasteiger charge is 2.57. The van der Waals surface area contributed by atoms with E-state index in [2.05, 4.69) is 0 Å². The van der Waals surface area contributed by atoms with Crippen molar-refractivity contribution in [3.05, 3.63) is 0 Å². The van der Waals surface area contributed by atoms with Gasteiger partial charge in [0, 0.05) is 13.1 Å². The van der Waals surface area contributed by atoms with Crippen LogP contribution in [0.3, 0.4) is 0 Å². The van der Waals surface area contributed by atoms with Gasteiger partial charge in [0.1, 0.15) is 0 Å². The molecule has 0 aromatic carbocycles. The summed E-state index contributed by atoms with van der Waals surface area (Å²) >= 11 is 0. The van der Waals surface area contributed by atoms with Crippen LogP contribution in [0.5, 0.6) is 0 Å². The molecule has 1 saturated heterocycles. The van der Waals surface area contributed by atoms with E-state index >= 15 is 0 Å². The second-order valence-electron chi connectivity index (χ2n) is 4.08. The lowest BCUT2D eigenvalue weighted by Gasteiger charge is -2.28. The van der Waals surface area contributed by atoms with Crippen LogP contribution >= 0.6 is 0 Å². The number of halogens is 3. The van der Waals surface area contributed by atoms with Crippen molar-refractivity contribution < 1.29 is 23.1 Å². The largest absolute Gasteiger partial charge is 0.418 e. The predicted molar refractivity (Wildman–Crippen MR) is 50.5 cm³/mol. The van der Waals surface area contributed by atoms with Crippen LogP contribution in [-0.2, 0) is 4.79 Å². The topological polar surface area (TPSA) is 66.6 Å². The Bertz CT molecular complexity index is 282. The predicted octanol–water partition coefficient (Wildman–Crippen LogP) is 0.249. The van der Waals surface area contributed by atoms with E-state index < -0.39 is 36.7 Å². The lowest BCUT2D eigenvalue weighted by molar-refractivity contribution is -0.254. The maximum Gasteiger partial charge on any atom is 0.418 e. The Labute approximate surface area is 91.2 Å². The van der Waals surface area contributed by atoms with Gasteiger partial charge >= 0.3 is 6.18 Å². The molecule has 0 saturated carbocycles. The van der Waals surface area contributed by atoms with Gasteiger partial charge in [0.15, 0.2) is 5.60 Å². The van der Waals surface area contributed by atoms with Gasteiger partial charge in [-0.25, -0.2) is 0 Å². The minimum Gasteiger partial charge on any atom is -0.379 e. The van der Waals surface area contributed by atoms with Gasteiger partial charge in [-0.05, 0) is 12.8 Å². The molecule has 3 N–H and O–H groups in total. The van der Waals surface area contributed by atoms with Crippen LogP contribution in [0.15, 0.2) is 0 Å². The fraction of sp³-hybridized carbons (Fsp3) is 0.889. The Morgan fingerprint density at radius 2 is 2.19 bits per heavy atom. The van der Waals surface area contributed by atoms with Gasteiger partial charge in [-0.3, -0.25) is 9.69 Å². The molecule has 1 amide bonds. The molecule has 2 atom stereocenters. The van der Waals surface area contributed by atoms with Gasteiger partial charge in [-0.15, -0.1) is 0 Å². The Hall–Kier alpha value is -0.820. The zero-order valence-corrected chi connectivity index (χ0v) is 8.92. The second kappa shape index (κ2) is 4.21. The van der Waals surface area contributed by atoms with Crippen LogP contribution in [0.2, 0.25) is 0 Å². The first-order valence-corrected chi connectivity index (χ1v) is 5.04. The Morgan fingerprint density at radius 1 is 1.62 bits per heavy atom. The number of amides is 1. The summed E-state index contributed by atoms with van der Waals surface area (Å²) in [4.78, 5) is 12.3. The summed E-state index contributed by atoms with van der Waals surface area (Å²) in [6.07, 6.45) is -4.75. The summed E-state index contributed by atoms with van der Waals surface area (Å²) in [5.74, 6) is -0.658. The summed E-state index contributed by atoms with van der Waals surface area (Å²) < 4.78 is 37.5. The summed E-state index contributed by atoms with van der Waals surface area (Å²) in [6, 6.07) is -0.739. The number of nitrogens with zero attached hydrogens (tertiary/aromatic N) is 1. The van der Waals surface area contributed by atoms with Gasteiger partial charge in [-0.1, -0.05) is 6.92 Å². The lowest BCUT2D eigenvalue weighted by atomic mass is 10.0. The van der Waals surface area contributed by atoms with E-state index in [-0.39, 0.29) is 6.54 Å². The zero-order valence-electron chi connectivity index (χ0n) is 8.92. The van der Waals surface area contributed by atoms with E-state index in [9.17, 15) is 23.1 Å². The van der Waals surface area contributed by atoms with Crippen molar-refractivity contribution in [2.24, 2.45) is 5.73 Å². The molecule has 94 valence electrons. The van der Waals surface area contributed by atoms with Crippen molar-refractivity contribution in [2.45, 2.75) is 37.6 Å². The zero-order chi connectivity index (χ0) is 12.6. The quantitative estimate of drug-likeness (QED) is 0.743. The number of primary amides is 1. The van der Waals surface area contributed by atoms with E-state index in [1.54, 1.807) is 6.92 Å². The molecule has 1 fully saturated rings. The third-order valence-corrected chi connectivity index (χ3v) is 2.96. The average molecular weight is 240 g/mol. The third kappa shape index (κ3) is 2.30. The summed E-state index contributed by atoms with van der Waals surface area (Å²) in [6.45, 7) is 1.11. The molecule has 0 spiro atoms. The van der Waals surface area contributed by atoms with E-state index in [0.717, 1.165) is 0 Å². The fourth-order valence-corrected chi connectivity index (χ4v) is 1.96. The van der Waals surface area contributed by atoms with Crippen LogP contribution < -0.4 is 5.73 Å². The molecule has 16 heavy (non-hydrogen) atoms. The normalized spacial score (nSPS) is 29.3. The number of alkyl halides is 3. The highest BCUT2D eigenvalue weighted by molar-refractivity contribution is 5.79. The first-order valence-electron chi connectivity index (χ1n) is 5.04. The minimum atomic E-state index is -4.67. The van der Waals surface area contributed by atoms with E-state index in [0.29, 0.717) is 6.42 Å². The van der Waals surface area contributed by atoms with Crippen LogP contribution in [0.4, 0.5) is 13.2 Å². The second-order valence-corrected chi connectivity index (χ2v) is 4.08. The summed E-state index contributed by atoms with van der Waals surface area (Å²) in [5, 5.41) is 9.41. The van der Waals surface area contributed by atoms with Crippen LogP contribution in [0.1, 0.15) is 19.8 Å². The lowest BCUT2D eigenvalue weighted by Crippen LogP contribution is -2.50. The molecule has 1 aliphatic rings. The van der Waals surface area contributed by atoms with Crippen molar-refractivity contribution in [2.75, 3.05) is 13.1 Å². The number of rotatable bonds is 3. The first-order chi connectivity index (χ1) is 7.21. The average Bonchev–Trinajstić information content (AvgIpc) is 2.49. The third-order valence-electron chi connectivity index (χ3n) is 2.96. The number of nitrogens with two attached hydrogens (primary N) is 1. The van der Waals surface area contributed by atoms with E-state index in [1.165, 1.54) is 4.90 Å². The smallest absolute Gasteiger partial charge is 0.379 e. The maximum atomic E-state index is 12.5. The number of β-amino-alcohol motifs (C(OH)–C–C–N with tert-alkyl or cyclic N) is 1.